The first-order valence-electron chi connectivity index (χ1n) is 5.66. The zero-order valence-electron chi connectivity index (χ0n) is 10.5. The molecule has 1 atom stereocenters. The lowest BCUT2D eigenvalue weighted by Gasteiger charge is -2.12. The third kappa shape index (κ3) is 7.05. The van der Waals surface area contributed by atoms with Crippen LogP contribution in [0.5, 0.6) is 0 Å². The minimum atomic E-state index is -3.45. The monoisotopic (exact) mass is 277 g/mol. The highest BCUT2D eigenvalue weighted by Gasteiger charge is 2.22. The first-order chi connectivity index (χ1) is 8.32. The van der Waals surface area contributed by atoms with Gasteiger partial charge in [0.1, 0.15) is 11.8 Å². The summed E-state index contributed by atoms with van der Waals surface area (Å²) in [5.41, 5.74) is 0. The second-order valence-corrected chi connectivity index (χ2v) is 6.04. The number of aliphatic carboxylic acids is 1. The second kappa shape index (κ2) is 7.86. The number of carbonyl (C=O) groups excluding carboxylic acids is 1. The largest absolute Gasteiger partial charge is 0.480 e. The molecule has 0 aliphatic carbocycles. The van der Waals surface area contributed by atoms with Crippen LogP contribution in [-0.4, -0.2) is 42.9 Å². The van der Waals surface area contributed by atoms with Crippen molar-refractivity contribution < 1.29 is 23.1 Å². The third-order valence-corrected chi connectivity index (χ3v) is 3.84. The molecule has 6 nitrogen and oxygen atoms in total. The normalized spacial score (nSPS) is 13.4. The topological polar surface area (TPSA) is 101 Å². The molecule has 0 fully saturated rings. The van der Waals surface area contributed by atoms with Gasteiger partial charge in [-0.15, -0.1) is 0 Å². The first kappa shape index (κ1) is 16.6. The van der Waals surface area contributed by atoms with Crippen molar-refractivity contribution in [3.05, 3.63) is 12.2 Å². The van der Waals surface area contributed by atoms with Crippen molar-refractivity contribution in [3.8, 4) is 0 Å². The summed E-state index contributed by atoms with van der Waals surface area (Å²) in [4.78, 5) is 22.3. The fourth-order valence-electron chi connectivity index (χ4n) is 1.31. The van der Waals surface area contributed by atoms with E-state index in [2.05, 4.69) is 5.32 Å². The molecule has 7 heteroatoms. The maximum Gasteiger partial charge on any atom is 0.326 e. The molecule has 0 bridgehead atoms. The standard InChI is InChI=1S/C11H19NO5S/c1-3-5-6-9(11(14)15)12-10(13)8-18(16,17)7-4-2/h3,5,9H,4,6-8H2,1-2H3,(H,12,13)(H,14,15)/b5-3+. The van der Waals surface area contributed by atoms with Crippen molar-refractivity contribution in [3.63, 3.8) is 0 Å². The minimum Gasteiger partial charge on any atom is -0.480 e. The Labute approximate surface area is 107 Å². The van der Waals surface area contributed by atoms with Crippen LogP contribution in [0.1, 0.15) is 26.7 Å². The van der Waals surface area contributed by atoms with Crippen molar-refractivity contribution in [1.29, 1.82) is 0 Å². The second-order valence-electron chi connectivity index (χ2n) is 3.86. The summed E-state index contributed by atoms with van der Waals surface area (Å²) >= 11 is 0. The number of carboxylic acid groups (broad SMARTS) is 1. The molecular weight excluding hydrogens is 258 g/mol. The zero-order chi connectivity index (χ0) is 14.2. The number of carboxylic acids is 1. The summed E-state index contributed by atoms with van der Waals surface area (Å²) in [5.74, 6) is -2.71. The van der Waals surface area contributed by atoms with E-state index in [4.69, 9.17) is 5.11 Å². The number of carbonyl (C=O) groups is 2. The van der Waals surface area contributed by atoms with Crippen LogP contribution in [0, 0.1) is 0 Å². The van der Waals surface area contributed by atoms with E-state index >= 15 is 0 Å². The maximum absolute atomic E-state index is 11.4. The van der Waals surface area contributed by atoms with Gasteiger partial charge < -0.3 is 10.4 Å². The van der Waals surface area contributed by atoms with Crippen LogP contribution >= 0.6 is 0 Å². The Morgan fingerprint density at radius 3 is 2.44 bits per heavy atom. The summed E-state index contributed by atoms with van der Waals surface area (Å²) in [6.45, 7) is 3.42. The summed E-state index contributed by atoms with van der Waals surface area (Å²) in [6, 6.07) is -1.09. The fourth-order valence-corrected chi connectivity index (χ4v) is 2.56. The molecule has 0 rings (SSSR count). The fraction of sp³-hybridized carbons (Fsp3) is 0.636. The van der Waals surface area contributed by atoms with Gasteiger partial charge in [-0.3, -0.25) is 4.79 Å². The molecule has 0 aromatic heterocycles. The van der Waals surface area contributed by atoms with Crippen molar-refractivity contribution in [1.82, 2.24) is 5.32 Å². The van der Waals surface area contributed by atoms with Gasteiger partial charge in [0.25, 0.3) is 0 Å². The van der Waals surface area contributed by atoms with Gasteiger partial charge in [-0.1, -0.05) is 19.1 Å². The summed E-state index contributed by atoms with van der Waals surface area (Å²) in [6.07, 6.45) is 3.82. The molecule has 2 N–H and O–H groups in total. The van der Waals surface area contributed by atoms with E-state index < -0.39 is 33.5 Å². The molecule has 1 unspecified atom stereocenters. The first-order valence-corrected chi connectivity index (χ1v) is 7.48. The van der Waals surface area contributed by atoms with E-state index in [-0.39, 0.29) is 12.2 Å². The average Bonchev–Trinajstić information content (AvgIpc) is 2.22. The number of amides is 1. The van der Waals surface area contributed by atoms with Gasteiger partial charge in [-0.2, -0.15) is 0 Å². The number of sulfone groups is 1. The van der Waals surface area contributed by atoms with E-state index in [0.29, 0.717) is 6.42 Å². The van der Waals surface area contributed by atoms with Gasteiger partial charge in [0.2, 0.25) is 5.91 Å². The predicted octanol–water partition coefficient (Wildman–Crippen LogP) is 0.347. The molecule has 0 aromatic rings. The van der Waals surface area contributed by atoms with Crippen molar-refractivity contribution >= 4 is 21.7 Å². The van der Waals surface area contributed by atoms with E-state index in [9.17, 15) is 18.0 Å². The number of rotatable bonds is 8. The molecule has 0 saturated carbocycles. The van der Waals surface area contributed by atoms with E-state index in [1.165, 1.54) is 0 Å². The highest BCUT2D eigenvalue weighted by atomic mass is 32.2. The predicted molar refractivity (Wildman–Crippen MR) is 67.9 cm³/mol. The lowest BCUT2D eigenvalue weighted by atomic mass is 10.2. The molecule has 18 heavy (non-hydrogen) atoms. The third-order valence-electron chi connectivity index (χ3n) is 2.11. The molecular formula is C11H19NO5S. The van der Waals surface area contributed by atoms with Crippen LogP contribution < -0.4 is 5.32 Å². The number of allylic oxidation sites excluding steroid dienone is 1. The smallest absolute Gasteiger partial charge is 0.326 e. The van der Waals surface area contributed by atoms with E-state index in [1.54, 1.807) is 26.0 Å². The summed E-state index contributed by atoms with van der Waals surface area (Å²) < 4.78 is 22.8. The van der Waals surface area contributed by atoms with Gasteiger partial charge in [0.05, 0.1) is 5.75 Å². The van der Waals surface area contributed by atoms with Gasteiger partial charge in [-0.05, 0) is 19.8 Å². The van der Waals surface area contributed by atoms with Crippen LogP contribution in [0.15, 0.2) is 12.2 Å². The summed E-state index contributed by atoms with van der Waals surface area (Å²) in [5, 5.41) is 11.0. The van der Waals surface area contributed by atoms with Gasteiger partial charge in [0, 0.05) is 0 Å². The van der Waals surface area contributed by atoms with E-state index in [0.717, 1.165) is 0 Å². The number of nitrogens with one attached hydrogen (secondary N) is 1. The molecule has 0 heterocycles. The van der Waals surface area contributed by atoms with Crippen molar-refractivity contribution in [2.24, 2.45) is 0 Å². The summed E-state index contributed by atoms with van der Waals surface area (Å²) in [7, 11) is -3.45. The average molecular weight is 277 g/mol. The molecule has 0 spiro atoms. The Morgan fingerprint density at radius 1 is 1.39 bits per heavy atom. The molecule has 104 valence electrons. The zero-order valence-corrected chi connectivity index (χ0v) is 11.4. The highest BCUT2D eigenvalue weighted by Crippen LogP contribution is 1.97. The van der Waals surface area contributed by atoms with Crippen LogP contribution in [-0.2, 0) is 19.4 Å². The lowest BCUT2D eigenvalue weighted by molar-refractivity contribution is -0.141. The van der Waals surface area contributed by atoms with Crippen molar-refractivity contribution in [2.75, 3.05) is 11.5 Å². The quantitative estimate of drug-likeness (QED) is 0.623. The van der Waals surface area contributed by atoms with Gasteiger partial charge in [-0.25, -0.2) is 13.2 Å². The molecule has 0 aliphatic heterocycles. The Kier molecular flexibility index (Phi) is 7.26. The van der Waals surface area contributed by atoms with E-state index in [1.807, 2.05) is 0 Å². The lowest BCUT2D eigenvalue weighted by Crippen LogP contribution is -2.43. The van der Waals surface area contributed by atoms with Gasteiger partial charge in [0.15, 0.2) is 9.84 Å². The van der Waals surface area contributed by atoms with Crippen LogP contribution in [0.25, 0.3) is 0 Å². The molecule has 0 aliphatic rings. The Bertz CT molecular complexity index is 413. The van der Waals surface area contributed by atoms with Crippen LogP contribution in [0.3, 0.4) is 0 Å². The Hall–Kier alpha value is -1.37. The molecule has 1 amide bonds. The Balaban J connectivity index is 4.48. The molecule has 0 aromatic carbocycles. The maximum atomic E-state index is 11.4. The van der Waals surface area contributed by atoms with Gasteiger partial charge >= 0.3 is 5.97 Å². The minimum absolute atomic E-state index is 0.0764. The Morgan fingerprint density at radius 2 is 2.00 bits per heavy atom. The van der Waals surface area contributed by atoms with Crippen LogP contribution in [0.2, 0.25) is 0 Å². The molecule has 0 radical (unpaired) electrons. The van der Waals surface area contributed by atoms with Crippen molar-refractivity contribution in [2.45, 2.75) is 32.7 Å². The highest BCUT2D eigenvalue weighted by molar-refractivity contribution is 7.92. The number of hydrogen-bond donors (Lipinski definition) is 2. The SMILES string of the molecule is C/C=C/CC(NC(=O)CS(=O)(=O)CCC)C(=O)O. The number of hydrogen-bond acceptors (Lipinski definition) is 4. The molecule has 0 saturated heterocycles. The van der Waals surface area contributed by atoms with Crippen LogP contribution in [0.4, 0.5) is 0 Å².